The third kappa shape index (κ3) is 3.72. The highest BCUT2D eigenvalue weighted by molar-refractivity contribution is 6.31. The van der Waals surface area contributed by atoms with E-state index in [0.717, 1.165) is 41.7 Å². The summed E-state index contributed by atoms with van der Waals surface area (Å²) >= 11 is 6.33. The van der Waals surface area contributed by atoms with Crippen LogP contribution in [0, 0.1) is 5.92 Å². The molecule has 0 aromatic heterocycles. The van der Waals surface area contributed by atoms with Crippen LogP contribution in [0.1, 0.15) is 35.2 Å². The number of benzene rings is 2. The molecule has 0 bridgehead atoms. The number of nitrogens with one attached hydrogen (secondary N) is 1. The Morgan fingerprint density at radius 1 is 1.21 bits per heavy atom. The average Bonchev–Trinajstić information content (AvgIpc) is 3.06. The molecule has 2 aromatic rings. The lowest BCUT2D eigenvalue weighted by Gasteiger charge is -2.24. The molecule has 1 atom stereocenters. The zero-order valence-corrected chi connectivity index (χ0v) is 16.4. The Bertz CT molecular complexity index is 905. The first-order valence-electron chi connectivity index (χ1n) is 9.50. The summed E-state index contributed by atoms with van der Waals surface area (Å²) in [7, 11) is 1.36. The summed E-state index contributed by atoms with van der Waals surface area (Å²) < 4.78 is 10.9. The van der Waals surface area contributed by atoms with Crippen LogP contribution in [0.15, 0.2) is 36.4 Å². The van der Waals surface area contributed by atoms with Crippen LogP contribution in [0.3, 0.4) is 0 Å². The Balaban J connectivity index is 1.51. The molecule has 0 spiro atoms. The number of carbonyl (C=O) groups excluding carboxylic acids is 2. The van der Waals surface area contributed by atoms with E-state index in [0.29, 0.717) is 23.6 Å². The van der Waals surface area contributed by atoms with Crippen LogP contribution in [0.25, 0.3) is 11.1 Å². The van der Waals surface area contributed by atoms with Crippen molar-refractivity contribution >= 4 is 23.5 Å². The fraction of sp³-hybridized carbons (Fsp3) is 0.364. The standard InChI is InChI=1S/C22H22ClNO4/c1-27-22(26)15-7-5-13(6-8-15)19-11-17(23)9-16-10-18(28-20(16)19)12-24-21(25)14-3-2-4-14/h5-9,11,14,18H,2-4,10,12H2,1H3,(H,24,25)/t18-/m1/s1. The highest BCUT2D eigenvalue weighted by Crippen LogP contribution is 2.41. The van der Waals surface area contributed by atoms with Gasteiger partial charge in [-0.15, -0.1) is 0 Å². The number of hydrogen-bond donors (Lipinski definition) is 1. The normalized spacial score (nSPS) is 18.0. The molecule has 1 saturated carbocycles. The van der Waals surface area contributed by atoms with E-state index in [2.05, 4.69) is 5.32 Å². The van der Waals surface area contributed by atoms with Gasteiger partial charge < -0.3 is 14.8 Å². The van der Waals surface area contributed by atoms with Crippen molar-refractivity contribution in [3.8, 4) is 16.9 Å². The largest absolute Gasteiger partial charge is 0.487 e. The summed E-state index contributed by atoms with van der Waals surface area (Å²) in [6.45, 7) is 0.488. The third-order valence-corrected chi connectivity index (χ3v) is 5.68. The molecule has 0 radical (unpaired) electrons. The second-order valence-electron chi connectivity index (χ2n) is 7.33. The molecule has 1 aliphatic heterocycles. The Hall–Kier alpha value is -2.53. The van der Waals surface area contributed by atoms with E-state index < -0.39 is 0 Å². The average molecular weight is 400 g/mol. The highest BCUT2D eigenvalue weighted by atomic mass is 35.5. The number of methoxy groups -OCH3 is 1. The van der Waals surface area contributed by atoms with E-state index in [1.54, 1.807) is 12.1 Å². The summed E-state index contributed by atoms with van der Waals surface area (Å²) in [4.78, 5) is 23.7. The molecule has 1 aliphatic carbocycles. The molecule has 1 fully saturated rings. The lowest BCUT2D eigenvalue weighted by atomic mass is 9.85. The van der Waals surface area contributed by atoms with Gasteiger partial charge in [-0.25, -0.2) is 4.79 Å². The van der Waals surface area contributed by atoms with Gasteiger partial charge in [0.05, 0.1) is 19.2 Å². The monoisotopic (exact) mass is 399 g/mol. The number of carbonyl (C=O) groups is 2. The van der Waals surface area contributed by atoms with E-state index in [-0.39, 0.29) is 23.9 Å². The summed E-state index contributed by atoms with van der Waals surface area (Å²) in [5, 5.41) is 3.65. The van der Waals surface area contributed by atoms with Crippen molar-refractivity contribution in [3.63, 3.8) is 0 Å². The van der Waals surface area contributed by atoms with Crippen molar-refractivity contribution < 1.29 is 19.1 Å². The van der Waals surface area contributed by atoms with Crippen LogP contribution in [-0.4, -0.2) is 31.6 Å². The zero-order valence-electron chi connectivity index (χ0n) is 15.7. The van der Waals surface area contributed by atoms with Gasteiger partial charge in [-0.1, -0.05) is 30.2 Å². The highest BCUT2D eigenvalue weighted by Gasteiger charge is 2.29. The maximum absolute atomic E-state index is 12.1. The van der Waals surface area contributed by atoms with Crippen molar-refractivity contribution in [1.82, 2.24) is 5.32 Å². The number of fused-ring (bicyclic) bond motifs is 1. The van der Waals surface area contributed by atoms with Crippen LogP contribution in [0.2, 0.25) is 5.02 Å². The van der Waals surface area contributed by atoms with Crippen molar-refractivity contribution in [2.75, 3.05) is 13.7 Å². The Morgan fingerprint density at radius 2 is 1.96 bits per heavy atom. The molecule has 146 valence electrons. The minimum atomic E-state index is -0.374. The summed E-state index contributed by atoms with van der Waals surface area (Å²) in [5.41, 5.74) is 3.31. The number of rotatable bonds is 5. The van der Waals surface area contributed by atoms with Crippen molar-refractivity contribution in [2.24, 2.45) is 5.92 Å². The summed E-state index contributed by atoms with van der Waals surface area (Å²) in [5.74, 6) is 0.712. The molecule has 2 aliphatic rings. The molecule has 1 heterocycles. The van der Waals surface area contributed by atoms with Crippen molar-refractivity contribution in [2.45, 2.75) is 31.8 Å². The number of hydrogen-bond acceptors (Lipinski definition) is 4. The van der Waals surface area contributed by atoms with E-state index >= 15 is 0 Å². The van der Waals surface area contributed by atoms with Gasteiger partial charge in [-0.2, -0.15) is 0 Å². The minimum absolute atomic E-state index is 0.106. The molecule has 1 N–H and O–H groups in total. The maximum atomic E-state index is 12.1. The van der Waals surface area contributed by atoms with Crippen molar-refractivity contribution in [3.05, 3.63) is 52.5 Å². The van der Waals surface area contributed by atoms with Crippen LogP contribution in [0.5, 0.6) is 5.75 Å². The maximum Gasteiger partial charge on any atom is 0.337 e. The fourth-order valence-corrected chi connectivity index (χ4v) is 3.90. The molecular formula is C22H22ClNO4. The first-order chi connectivity index (χ1) is 13.5. The van der Waals surface area contributed by atoms with Gasteiger partial charge in [0.25, 0.3) is 0 Å². The molecule has 1 amide bonds. The lowest BCUT2D eigenvalue weighted by molar-refractivity contribution is -0.127. The molecule has 28 heavy (non-hydrogen) atoms. The van der Waals surface area contributed by atoms with E-state index in [1.807, 2.05) is 24.3 Å². The van der Waals surface area contributed by atoms with Crippen molar-refractivity contribution in [1.29, 1.82) is 0 Å². The molecule has 2 aromatic carbocycles. The van der Waals surface area contributed by atoms with E-state index in [9.17, 15) is 9.59 Å². The summed E-state index contributed by atoms with van der Waals surface area (Å²) in [6.07, 6.45) is 3.71. The summed E-state index contributed by atoms with van der Waals surface area (Å²) in [6, 6.07) is 10.9. The second-order valence-corrected chi connectivity index (χ2v) is 7.76. The number of halogens is 1. The zero-order chi connectivity index (χ0) is 19.7. The third-order valence-electron chi connectivity index (χ3n) is 5.46. The van der Waals surface area contributed by atoms with Crippen LogP contribution in [-0.2, 0) is 16.0 Å². The topological polar surface area (TPSA) is 64.6 Å². The SMILES string of the molecule is COC(=O)c1ccc(-c2cc(Cl)cc3c2O[C@@H](CNC(=O)C2CCC2)C3)cc1. The first kappa shape index (κ1) is 18.8. The first-order valence-corrected chi connectivity index (χ1v) is 9.88. The number of amides is 1. The van der Waals surface area contributed by atoms with Crippen LogP contribution < -0.4 is 10.1 Å². The fourth-order valence-electron chi connectivity index (χ4n) is 3.66. The Labute approximate surface area is 169 Å². The van der Waals surface area contributed by atoms with Crippen LogP contribution >= 0.6 is 11.6 Å². The smallest absolute Gasteiger partial charge is 0.337 e. The molecule has 0 saturated heterocycles. The lowest BCUT2D eigenvalue weighted by Crippen LogP contribution is -2.40. The Morgan fingerprint density at radius 3 is 2.61 bits per heavy atom. The second kappa shape index (κ2) is 7.84. The number of esters is 1. The molecule has 0 unspecified atom stereocenters. The Kier molecular flexibility index (Phi) is 5.27. The predicted octanol–water partition coefficient (Wildman–Crippen LogP) is 4.01. The molecule has 5 nitrogen and oxygen atoms in total. The van der Waals surface area contributed by atoms with Crippen LogP contribution in [0.4, 0.5) is 0 Å². The van der Waals surface area contributed by atoms with Gasteiger partial charge in [0.15, 0.2) is 0 Å². The molecule has 6 heteroatoms. The van der Waals surface area contributed by atoms with E-state index in [4.69, 9.17) is 21.1 Å². The van der Waals surface area contributed by atoms with Gasteiger partial charge in [0.2, 0.25) is 5.91 Å². The number of ether oxygens (including phenoxy) is 2. The molecular weight excluding hydrogens is 378 g/mol. The van der Waals surface area contributed by atoms with Gasteiger partial charge in [0, 0.05) is 28.5 Å². The minimum Gasteiger partial charge on any atom is -0.487 e. The van der Waals surface area contributed by atoms with Gasteiger partial charge in [0.1, 0.15) is 11.9 Å². The van der Waals surface area contributed by atoms with E-state index in [1.165, 1.54) is 7.11 Å². The quantitative estimate of drug-likeness (QED) is 0.771. The molecule has 4 rings (SSSR count). The van der Waals surface area contributed by atoms with Gasteiger partial charge >= 0.3 is 5.97 Å². The predicted molar refractivity (Wildman–Crippen MR) is 107 cm³/mol. The van der Waals surface area contributed by atoms with Gasteiger partial charge in [-0.3, -0.25) is 4.79 Å². The van der Waals surface area contributed by atoms with Gasteiger partial charge in [-0.05, 0) is 42.7 Å².